The SMILES string of the molecule is CSc1nsc(SC)c1C(=O)Nc1ccn(Cc2c(F)c(F)cc(F)c2F)n1. The lowest BCUT2D eigenvalue weighted by atomic mass is 10.2. The van der Waals surface area contributed by atoms with Gasteiger partial charge in [-0.05, 0) is 24.0 Å². The minimum Gasteiger partial charge on any atom is -0.305 e. The maximum absolute atomic E-state index is 13.8. The Morgan fingerprint density at radius 3 is 2.46 bits per heavy atom. The lowest BCUT2D eigenvalue weighted by Crippen LogP contribution is -2.14. The number of nitrogens with one attached hydrogen (secondary N) is 1. The predicted molar refractivity (Wildman–Crippen MR) is 101 cm³/mol. The summed E-state index contributed by atoms with van der Waals surface area (Å²) in [6.07, 6.45) is 4.95. The second-order valence-corrected chi connectivity index (χ2v) is 8.00. The van der Waals surface area contributed by atoms with Gasteiger partial charge in [-0.3, -0.25) is 9.48 Å². The average molecular weight is 448 g/mol. The van der Waals surface area contributed by atoms with E-state index in [9.17, 15) is 22.4 Å². The Morgan fingerprint density at radius 2 is 1.86 bits per heavy atom. The highest BCUT2D eigenvalue weighted by molar-refractivity contribution is 8.01. The lowest BCUT2D eigenvalue weighted by molar-refractivity contribution is 0.102. The molecule has 0 fully saturated rings. The molecule has 1 amide bonds. The van der Waals surface area contributed by atoms with Gasteiger partial charge in [0, 0.05) is 18.3 Å². The Hall–Kier alpha value is -2.05. The lowest BCUT2D eigenvalue weighted by Gasteiger charge is -2.07. The molecule has 0 unspecified atom stereocenters. The molecular formula is C16H12F4N4OS3. The van der Waals surface area contributed by atoms with Crippen LogP contribution in [0.15, 0.2) is 27.6 Å². The van der Waals surface area contributed by atoms with Crippen LogP contribution in [0.5, 0.6) is 0 Å². The minimum atomic E-state index is -1.49. The number of rotatable bonds is 6. The Morgan fingerprint density at radius 1 is 1.18 bits per heavy atom. The summed E-state index contributed by atoms with van der Waals surface area (Å²) >= 11 is 3.92. The number of carbonyl (C=O) groups is 1. The van der Waals surface area contributed by atoms with Crippen molar-refractivity contribution >= 4 is 46.8 Å². The molecule has 148 valence electrons. The fourth-order valence-electron chi connectivity index (χ4n) is 2.35. The summed E-state index contributed by atoms with van der Waals surface area (Å²) in [7, 11) is 0. The number of benzene rings is 1. The number of aromatic nitrogens is 3. The Bertz CT molecular complexity index is 990. The zero-order valence-corrected chi connectivity index (χ0v) is 16.9. The highest BCUT2D eigenvalue weighted by Crippen LogP contribution is 2.33. The van der Waals surface area contributed by atoms with Crippen molar-refractivity contribution in [3.63, 3.8) is 0 Å². The molecule has 0 atom stereocenters. The molecule has 0 radical (unpaired) electrons. The summed E-state index contributed by atoms with van der Waals surface area (Å²) in [5, 5.41) is 7.14. The summed E-state index contributed by atoms with van der Waals surface area (Å²) in [6, 6.07) is 1.55. The molecule has 0 saturated carbocycles. The monoisotopic (exact) mass is 448 g/mol. The van der Waals surface area contributed by atoms with Gasteiger partial charge in [0.05, 0.1) is 21.9 Å². The number of thioether (sulfide) groups is 2. The molecule has 1 N–H and O–H groups in total. The average Bonchev–Trinajstić information content (AvgIpc) is 3.29. The molecule has 12 heteroatoms. The highest BCUT2D eigenvalue weighted by atomic mass is 32.2. The molecule has 0 aliphatic carbocycles. The first kappa shape index (κ1) is 20.7. The summed E-state index contributed by atoms with van der Waals surface area (Å²) in [6.45, 7) is -0.547. The van der Waals surface area contributed by atoms with Crippen LogP contribution in [0.4, 0.5) is 23.4 Å². The van der Waals surface area contributed by atoms with Crippen molar-refractivity contribution < 1.29 is 22.4 Å². The van der Waals surface area contributed by atoms with Crippen LogP contribution in [-0.4, -0.2) is 32.6 Å². The largest absolute Gasteiger partial charge is 0.305 e. The van der Waals surface area contributed by atoms with Gasteiger partial charge in [0.2, 0.25) is 0 Å². The maximum atomic E-state index is 13.8. The van der Waals surface area contributed by atoms with Gasteiger partial charge in [-0.15, -0.1) is 23.5 Å². The van der Waals surface area contributed by atoms with Gasteiger partial charge in [0.15, 0.2) is 29.1 Å². The second kappa shape index (κ2) is 8.53. The van der Waals surface area contributed by atoms with E-state index in [2.05, 4.69) is 14.8 Å². The predicted octanol–water partition coefficient (Wildman–Crippen LogP) is 4.64. The molecule has 28 heavy (non-hydrogen) atoms. The first-order chi connectivity index (χ1) is 13.3. The van der Waals surface area contributed by atoms with Crippen molar-refractivity contribution in [3.8, 4) is 0 Å². The van der Waals surface area contributed by atoms with E-state index in [-0.39, 0.29) is 11.9 Å². The van der Waals surface area contributed by atoms with E-state index in [4.69, 9.17) is 0 Å². The summed E-state index contributed by atoms with van der Waals surface area (Å²) in [5.74, 6) is -6.27. The first-order valence-electron chi connectivity index (χ1n) is 7.60. The van der Waals surface area contributed by atoms with Crippen molar-refractivity contribution in [3.05, 3.63) is 52.7 Å². The molecule has 0 spiro atoms. The van der Waals surface area contributed by atoms with Crippen LogP contribution in [0.2, 0.25) is 0 Å². The molecule has 0 saturated heterocycles. The Balaban J connectivity index is 1.81. The second-order valence-electron chi connectivity index (χ2n) is 5.36. The number of carbonyl (C=O) groups excluding carboxylic acids is 1. The third-order valence-corrected chi connectivity index (χ3v) is 6.38. The fourth-order valence-corrected chi connectivity index (χ4v) is 4.63. The minimum absolute atomic E-state index is 0.119. The molecule has 3 aromatic rings. The van der Waals surface area contributed by atoms with Gasteiger partial charge in [-0.1, -0.05) is 0 Å². The van der Waals surface area contributed by atoms with E-state index in [1.54, 1.807) is 6.26 Å². The van der Waals surface area contributed by atoms with Gasteiger partial charge in [-0.2, -0.15) is 9.47 Å². The molecule has 0 bridgehead atoms. The van der Waals surface area contributed by atoms with Crippen molar-refractivity contribution in [2.24, 2.45) is 0 Å². The van der Waals surface area contributed by atoms with Crippen LogP contribution in [0.1, 0.15) is 15.9 Å². The third kappa shape index (κ3) is 4.03. The number of hydrogen-bond acceptors (Lipinski definition) is 6. The topological polar surface area (TPSA) is 59.8 Å². The van der Waals surface area contributed by atoms with E-state index in [0.717, 1.165) is 8.89 Å². The molecule has 0 aliphatic heterocycles. The van der Waals surface area contributed by atoms with E-state index in [1.807, 2.05) is 6.26 Å². The van der Waals surface area contributed by atoms with Crippen LogP contribution in [0.25, 0.3) is 0 Å². The Kier molecular flexibility index (Phi) is 6.30. The summed E-state index contributed by atoms with van der Waals surface area (Å²) in [4.78, 5) is 12.6. The number of hydrogen-bond donors (Lipinski definition) is 1. The van der Waals surface area contributed by atoms with E-state index < -0.39 is 41.3 Å². The third-order valence-electron chi connectivity index (χ3n) is 3.64. The van der Waals surface area contributed by atoms with Gasteiger partial charge in [0.1, 0.15) is 5.03 Å². The van der Waals surface area contributed by atoms with Gasteiger partial charge in [-0.25, -0.2) is 17.6 Å². The van der Waals surface area contributed by atoms with Gasteiger partial charge < -0.3 is 5.32 Å². The zero-order valence-electron chi connectivity index (χ0n) is 14.4. The van der Waals surface area contributed by atoms with E-state index >= 15 is 0 Å². The van der Waals surface area contributed by atoms with E-state index in [1.165, 1.54) is 47.3 Å². The smallest absolute Gasteiger partial charge is 0.261 e. The normalized spacial score (nSPS) is 11.1. The van der Waals surface area contributed by atoms with Gasteiger partial charge in [0.25, 0.3) is 5.91 Å². The van der Waals surface area contributed by atoms with Gasteiger partial charge >= 0.3 is 0 Å². The molecular weight excluding hydrogens is 436 g/mol. The van der Waals surface area contributed by atoms with Crippen LogP contribution in [-0.2, 0) is 6.54 Å². The zero-order chi connectivity index (χ0) is 20.4. The van der Waals surface area contributed by atoms with E-state index in [0.29, 0.717) is 10.6 Å². The molecule has 5 nitrogen and oxygen atoms in total. The van der Waals surface area contributed by atoms with Crippen LogP contribution >= 0.6 is 35.1 Å². The first-order valence-corrected chi connectivity index (χ1v) is 10.8. The van der Waals surface area contributed by atoms with Crippen LogP contribution in [0, 0.1) is 23.3 Å². The molecule has 0 aliphatic rings. The van der Waals surface area contributed by atoms with Crippen molar-refractivity contribution in [2.45, 2.75) is 15.8 Å². The quantitative estimate of drug-likeness (QED) is 0.338. The summed E-state index contributed by atoms with van der Waals surface area (Å²) < 4.78 is 60.2. The summed E-state index contributed by atoms with van der Waals surface area (Å²) in [5.41, 5.74) is -0.376. The maximum Gasteiger partial charge on any atom is 0.261 e. The number of halogens is 4. The fraction of sp³-hybridized carbons (Fsp3) is 0.188. The Labute approximate surface area is 169 Å². The van der Waals surface area contributed by atoms with Crippen molar-refractivity contribution in [1.29, 1.82) is 0 Å². The van der Waals surface area contributed by atoms with Crippen molar-refractivity contribution in [2.75, 3.05) is 17.8 Å². The molecule has 3 rings (SSSR count). The molecule has 1 aromatic carbocycles. The number of nitrogens with zero attached hydrogens (tertiary/aromatic N) is 3. The standard InChI is InChI=1S/C16H12F4N4OS3/c1-26-15-11(16(27-2)28-23-15)14(25)21-10-3-4-24(22-10)6-7-12(19)8(17)5-9(18)13(7)20/h3-5H,6H2,1-2H3,(H,21,22,25). The molecule has 2 aromatic heterocycles. The number of anilines is 1. The highest BCUT2D eigenvalue weighted by Gasteiger charge is 2.22. The number of amides is 1. The van der Waals surface area contributed by atoms with Crippen molar-refractivity contribution in [1.82, 2.24) is 14.2 Å². The molecule has 2 heterocycles. The van der Waals surface area contributed by atoms with Crippen LogP contribution in [0.3, 0.4) is 0 Å². The van der Waals surface area contributed by atoms with Crippen LogP contribution < -0.4 is 5.32 Å².